The van der Waals surface area contributed by atoms with Crippen molar-refractivity contribution in [2.75, 3.05) is 13.2 Å². The highest BCUT2D eigenvalue weighted by Crippen LogP contribution is 2.24. The van der Waals surface area contributed by atoms with E-state index in [2.05, 4.69) is 0 Å². The molecule has 16 heavy (non-hydrogen) atoms. The van der Waals surface area contributed by atoms with E-state index < -0.39 is 0 Å². The Balaban J connectivity index is 1.85. The van der Waals surface area contributed by atoms with Gasteiger partial charge in [-0.2, -0.15) is 0 Å². The summed E-state index contributed by atoms with van der Waals surface area (Å²) in [6.45, 7) is 1.52. The monoisotopic (exact) mass is 225 g/mol. The molecule has 1 amide bonds. The van der Waals surface area contributed by atoms with Gasteiger partial charge in [0.15, 0.2) is 0 Å². The first kappa shape index (κ1) is 11.9. The molecule has 3 nitrogen and oxygen atoms in total. The molecule has 0 aromatic carbocycles. The lowest BCUT2D eigenvalue weighted by atomic mass is 9.90. The van der Waals surface area contributed by atoms with E-state index in [0.717, 1.165) is 38.8 Å². The molecule has 92 valence electrons. The Labute approximate surface area is 98.1 Å². The summed E-state index contributed by atoms with van der Waals surface area (Å²) in [7, 11) is 0. The van der Waals surface area contributed by atoms with Gasteiger partial charge in [-0.3, -0.25) is 9.63 Å². The molecule has 0 aromatic heterocycles. The third-order valence-electron chi connectivity index (χ3n) is 3.70. The smallest absolute Gasteiger partial charge is 0.249 e. The van der Waals surface area contributed by atoms with Crippen molar-refractivity contribution >= 4 is 5.91 Å². The lowest BCUT2D eigenvalue weighted by Gasteiger charge is -2.30. The second-order valence-electron chi connectivity index (χ2n) is 5.02. The van der Waals surface area contributed by atoms with Gasteiger partial charge >= 0.3 is 0 Å². The standard InChI is InChI=1S/C13H23NO2/c15-13(14-10-6-7-11-16-14)12-8-4-2-1-3-5-9-12/h12H,1-11H2. The fraction of sp³-hybridized carbons (Fsp3) is 0.923. The summed E-state index contributed by atoms with van der Waals surface area (Å²) in [6.07, 6.45) is 10.7. The number of amides is 1. The average Bonchev–Trinajstić information content (AvgIpc) is 2.29. The molecule has 0 unspecified atom stereocenters. The maximum atomic E-state index is 12.2. The van der Waals surface area contributed by atoms with Crippen molar-refractivity contribution in [1.82, 2.24) is 5.06 Å². The first-order chi connectivity index (χ1) is 7.88. The predicted molar refractivity (Wildman–Crippen MR) is 62.7 cm³/mol. The second kappa shape index (κ2) is 6.24. The molecule has 0 bridgehead atoms. The summed E-state index contributed by atoms with van der Waals surface area (Å²) in [6, 6.07) is 0. The van der Waals surface area contributed by atoms with Crippen LogP contribution in [0.1, 0.15) is 57.8 Å². The van der Waals surface area contributed by atoms with Crippen LogP contribution in [0.4, 0.5) is 0 Å². The van der Waals surface area contributed by atoms with Gasteiger partial charge in [-0.05, 0) is 25.7 Å². The van der Waals surface area contributed by atoms with Crippen molar-refractivity contribution in [3.8, 4) is 0 Å². The highest BCUT2D eigenvalue weighted by molar-refractivity contribution is 5.77. The van der Waals surface area contributed by atoms with Crippen LogP contribution in [-0.4, -0.2) is 24.1 Å². The van der Waals surface area contributed by atoms with E-state index in [1.807, 2.05) is 0 Å². The van der Waals surface area contributed by atoms with Gasteiger partial charge in [0.25, 0.3) is 0 Å². The minimum Gasteiger partial charge on any atom is -0.272 e. The van der Waals surface area contributed by atoms with Gasteiger partial charge in [0, 0.05) is 12.5 Å². The minimum atomic E-state index is 0.235. The molecule has 0 spiro atoms. The first-order valence-corrected chi connectivity index (χ1v) is 6.82. The highest BCUT2D eigenvalue weighted by atomic mass is 16.7. The van der Waals surface area contributed by atoms with Crippen LogP contribution in [0.25, 0.3) is 0 Å². The molecule has 2 fully saturated rings. The average molecular weight is 225 g/mol. The maximum Gasteiger partial charge on any atom is 0.249 e. The zero-order valence-electron chi connectivity index (χ0n) is 10.1. The van der Waals surface area contributed by atoms with Crippen LogP contribution in [0.3, 0.4) is 0 Å². The van der Waals surface area contributed by atoms with Crippen molar-refractivity contribution in [3.05, 3.63) is 0 Å². The molecule has 0 N–H and O–H groups in total. The fourth-order valence-electron chi connectivity index (χ4n) is 2.68. The molecule has 1 saturated heterocycles. The van der Waals surface area contributed by atoms with Crippen molar-refractivity contribution in [1.29, 1.82) is 0 Å². The number of hydrogen-bond donors (Lipinski definition) is 0. The molecular weight excluding hydrogens is 202 g/mol. The summed E-state index contributed by atoms with van der Waals surface area (Å²) in [5, 5.41) is 1.63. The number of hydrogen-bond acceptors (Lipinski definition) is 2. The summed E-state index contributed by atoms with van der Waals surface area (Å²) < 4.78 is 0. The molecule has 0 atom stereocenters. The van der Waals surface area contributed by atoms with E-state index in [4.69, 9.17) is 4.84 Å². The van der Waals surface area contributed by atoms with Gasteiger partial charge in [-0.25, -0.2) is 5.06 Å². The van der Waals surface area contributed by atoms with Crippen LogP contribution in [-0.2, 0) is 9.63 Å². The lowest BCUT2D eigenvalue weighted by Crippen LogP contribution is -2.39. The molecule has 0 radical (unpaired) electrons. The number of carbonyl (C=O) groups excluding carboxylic acids is 1. The summed E-state index contributed by atoms with van der Waals surface area (Å²) >= 11 is 0. The van der Waals surface area contributed by atoms with E-state index in [1.165, 1.54) is 32.1 Å². The molecule has 2 aliphatic rings. The lowest BCUT2D eigenvalue weighted by molar-refractivity contribution is -0.201. The van der Waals surface area contributed by atoms with Crippen molar-refractivity contribution in [2.24, 2.45) is 5.92 Å². The Morgan fingerprint density at radius 3 is 2.25 bits per heavy atom. The Hall–Kier alpha value is -0.570. The molecule has 1 aliphatic carbocycles. The second-order valence-corrected chi connectivity index (χ2v) is 5.02. The fourth-order valence-corrected chi connectivity index (χ4v) is 2.68. The zero-order valence-corrected chi connectivity index (χ0v) is 10.1. The molecule has 0 aromatic rings. The van der Waals surface area contributed by atoms with E-state index >= 15 is 0 Å². The SMILES string of the molecule is O=C(C1CCCCCCC1)N1CCCCO1. The highest BCUT2D eigenvalue weighted by Gasteiger charge is 2.26. The van der Waals surface area contributed by atoms with Crippen molar-refractivity contribution in [2.45, 2.75) is 57.8 Å². The maximum absolute atomic E-state index is 12.2. The van der Waals surface area contributed by atoms with Gasteiger partial charge in [0.1, 0.15) is 0 Å². The zero-order chi connectivity index (χ0) is 11.2. The predicted octanol–water partition coefficient (Wildman–Crippen LogP) is 2.90. The quantitative estimate of drug-likeness (QED) is 0.686. The first-order valence-electron chi connectivity index (χ1n) is 6.82. The van der Waals surface area contributed by atoms with Crippen LogP contribution < -0.4 is 0 Å². The number of hydroxylamine groups is 2. The van der Waals surface area contributed by atoms with Crippen LogP contribution in [0.15, 0.2) is 0 Å². The molecule has 3 heteroatoms. The van der Waals surface area contributed by atoms with E-state index in [1.54, 1.807) is 5.06 Å². The van der Waals surface area contributed by atoms with Crippen LogP contribution >= 0.6 is 0 Å². The molecule has 2 rings (SSSR count). The van der Waals surface area contributed by atoms with Crippen LogP contribution in [0.2, 0.25) is 0 Å². The van der Waals surface area contributed by atoms with Gasteiger partial charge in [-0.1, -0.05) is 32.1 Å². The third-order valence-corrected chi connectivity index (χ3v) is 3.70. The van der Waals surface area contributed by atoms with Gasteiger partial charge in [-0.15, -0.1) is 0 Å². The summed E-state index contributed by atoms with van der Waals surface area (Å²) in [4.78, 5) is 17.7. The number of rotatable bonds is 1. The van der Waals surface area contributed by atoms with Gasteiger partial charge in [0.2, 0.25) is 5.91 Å². The Kier molecular flexibility index (Phi) is 4.64. The third kappa shape index (κ3) is 3.21. The van der Waals surface area contributed by atoms with Crippen molar-refractivity contribution < 1.29 is 9.63 Å². The van der Waals surface area contributed by atoms with Gasteiger partial charge in [0.05, 0.1) is 6.61 Å². The van der Waals surface area contributed by atoms with E-state index in [9.17, 15) is 4.79 Å². The Morgan fingerprint density at radius 1 is 0.938 bits per heavy atom. The topological polar surface area (TPSA) is 29.5 Å². The molecule has 1 heterocycles. The Morgan fingerprint density at radius 2 is 1.62 bits per heavy atom. The Bertz CT molecular complexity index is 216. The largest absolute Gasteiger partial charge is 0.272 e. The number of carbonyl (C=O) groups is 1. The molecular formula is C13H23NO2. The van der Waals surface area contributed by atoms with Gasteiger partial charge < -0.3 is 0 Å². The summed E-state index contributed by atoms with van der Waals surface area (Å²) in [5.41, 5.74) is 0. The number of nitrogens with zero attached hydrogens (tertiary/aromatic N) is 1. The van der Waals surface area contributed by atoms with Crippen LogP contribution in [0.5, 0.6) is 0 Å². The molecule has 1 aliphatic heterocycles. The van der Waals surface area contributed by atoms with E-state index in [0.29, 0.717) is 0 Å². The van der Waals surface area contributed by atoms with E-state index in [-0.39, 0.29) is 11.8 Å². The van der Waals surface area contributed by atoms with Crippen LogP contribution in [0, 0.1) is 5.92 Å². The normalized spacial score (nSPS) is 24.9. The van der Waals surface area contributed by atoms with Crippen molar-refractivity contribution in [3.63, 3.8) is 0 Å². The molecule has 1 saturated carbocycles. The summed E-state index contributed by atoms with van der Waals surface area (Å²) in [5.74, 6) is 0.486. The minimum absolute atomic E-state index is 0.235.